The average Bonchev–Trinajstić information content (AvgIpc) is 2.26. The molecule has 0 aromatic heterocycles. The van der Waals surface area contributed by atoms with E-state index in [4.69, 9.17) is 5.11 Å². The minimum Gasteiger partial charge on any atom is -0.508 e. The quantitative estimate of drug-likeness (QED) is 0.531. The van der Waals surface area contributed by atoms with Crippen LogP contribution in [0.2, 0.25) is 0 Å². The Balaban J connectivity index is 0.000000146. The molecule has 0 bridgehead atoms. The predicted octanol–water partition coefficient (Wildman–Crippen LogP) is 1.99. The lowest BCUT2D eigenvalue weighted by atomic mass is 10.2. The highest BCUT2D eigenvalue weighted by Gasteiger charge is 1.90. The zero-order valence-corrected chi connectivity index (χ0v) is 10.8. The van der Waals surface area contributed by atoms with E-state index in [0.717, 1.165) is 32.2 Å². The van der Waals surface area contributed by atoms with E-state index in [0.29, 0.717) is 5.75 Å². The molecule has 1 fully saturated rings. The number of aryl methyl sites for hydroxylation is 1. The summed E-state index contributed by atoms with van der Waals surface area (Å²) in [5.41, 5.74) is 0.924. The van der Waals surface area contributed by atoms with Crippen LogP contribution in [0.3, 0.4) is 0 Å². The predicted molar refractivity (Wildman–Crippen MR) is 67.2 cm³/mol. The van der Waals surface area contributed by atoms with Gasteiger partial charge in [-0.05, 0) is 18.6 Å². The van der Waals surface area contributed by atoms with E-state index in [-0.39, 0.29) is 0 Å². The second kappa shape index (κ2) is 7.48. The van der Waals surface area contributed by atoms with Gasteiger partial charge in [-0.2, -0.15) is 0 Å². The van der Waals surface area contributed by atoms with Crippen LogP contribution in [0.4, 0.5) is 0 Å². The Morgan fingerprint density at radius 3 is 1.79 bits per heavy atom. The van der Waals surface area contributed by atoms with Gasteiger partial charge in [0.05, 0.1) is 0 Å². The van der Waals surface area contributed by atoms with E-state index >= 15 is 0 Å². The third-order valence-electron chi connectivity index (χ3n) is 1.49. The molecule has 1 saturated heterocycles. The van der Waals surface area contributed by atoms with Crippen LogP contribution in [0, 0.1) is 6.92 Å². The number of hydrogen-bond acceptors (Lipinski definition) is 4. The van der Waals surface area contributed by atoms with Crippen molar-refractivity contribution in [3.63, 3.8) is 0 Å². The molecule has 0 saturated carbocycles. The monoisotopic (exact) mass is 249 g/mol. The van der Waals surface area contributed by atoms with Crippen LogP contribution in [0.15, 0.2) is 24.3 Å². The number of phenols is 1. The van der Waals surface area contributed by atoms with Crippen molar-refractivity contribution >= 4 is 26.6 Å². The Bertz CT molecular complexity index is 238. The zero-order valence-electron chi connectivity index (χ0n) is 7.76. The van der Waals surface area contributed by atoms with Crippen LogP contribution in [0.5, 0.6) is 5.75 Å². The Morgan fingerprint density at radius 1 is 1.00 bits per heavy atom. The van der Waals surface area contributed by atoms with Gasteiger partial charge in [-0.1, -0.05) is 18.2 Å². The lowest BCUT2D eigenvalue weighted by Crippen LogP contribution is -2.07. The molecule has 0 radical (unpaired) electrons. The zero-order chi connectivity index (χ0) is 10.2. The average molecular weight is 249 g/mol. The van der Waals surface area contributed by atoms with Gasteiger partial charge in [0.1, 0.15) is 5.75 Å². The van der Waals surface area contributed by atoms with Crippen molar-refractivity contribution in [1.29, 1.82) is 0 Å². The van der Waals surface area contributed by atoms with E-state index in [2.05, 4.69) is 14.6 Å². The van der Waals surface area contributed by atoms with Crippen LogP contribution in [0.1, 0.15) is 5.56 Å². The first-order chi connectivity index (χ1) is 6.80. The summed E-state index contributed by atoms with van der Waals surface area (Å²) in [7, 11) is 2.29. The van der Waals surface area contributed by atoms with Gasteiger partial charge in [0.15, 0.2) is 0 Å². The molecule has 1 aromatic carbocycles. The number of benzene rings is 1. The van der Waals surface area contributed by atoms with Crippen molar-refractivity contribution < 1.29 is 5.11 Å². The molecular weight excluding hydrogens is 235 g/mol. The highest BCUT2D eigenvalue weighted by atomic mass is 31.2. The van der Waals surface area contributed by atoms with E-state index < -0.39 is 0 Å². The lowest BCUT2D eigenvalue weighted by molar-refractivity contribution is 0.471. The van der Waals surface area contributed by atoms with Crippen LogP contribution in [-0.2, 0) is 0 Å². The SMILES string of the molecule is Cc1ccccc1O.N1PNPNP1. The number of aromatic hydroxyl groups is 1. The van der Waals surface area contributed by atoms with Gasteiger partial charge < -0.3 is 5.11 Å². The molecule has 14 heavy (non-hydrogen) atoms. The molecule has 1 heterocycles. The first kappa shape index (κ1) is 12.3. The van der Waals surface area contributed by atoms with Crippen LogP contribution < -0.4 is 14.6 Å². The smallest absolute Gasteiger partial charge is 0.118 e. The van der Waals surface area contributed by atoms with E-state index in [1.807, 2.05) is 25.1 Å². The molecule has 1 aromatic rings. The molecule has 1 aliphatic heterocycles. The van der Waals surface area contributed by atoms with Crippen molar-refractivity contribution in [2.24, 2.45) is 0 Å². The summed E-state index contributed by atoms with van der Waals surface area (Å²) in [6, 6.07) is 7.25. The summed E-state index contributed by atoms with van der Waals surface area (Å²) in [6.07, 6.45) is 0. The molecule has 1 aliphatic rings. The number of phenolic OH excluding ortho intramolecular Hbond substituents is 1. The molecule has 0 amide bonds. The minimum atomic E-state index is 0.368. The van der Waals surface area contributed by atoms with Gasteiger partial charge in [0, 0.05) is 26.6 Å². The van der Waals surface area contributed by atoms with Crippen LogP contribution in [0.25, 0.3) is 0 Å². The summed E-state index contributed by atoms with van der Waals surface area (Å²) in [4.78, 5) is 9.38. The maximum Gasteiger partial charge on any atom is 0.118 e. The summed E-state index contributed by atoms with van der Waals surface area (Å²) < 4.78 is 0. The lowest BCUT2D eigenvalue weighted by Gasteiger charge is -2.12. The van der Waals surface area contributed by atoms with Gasteiger partial charge in [-0.25, -0.2) is 0 Å². The molecule has 0 aliphatic carbocycles. The van der Waals surface area contributed by atoms with E-state index in [9.17, 15) is 0 Å². The standard InChI is InChI=1S/C7H8O.H6N3P3/c1-6-4-2-3-5-7(6)8;1-4-2-6-3-5-1/h2-5,8H,1H3;1-6H. The number of hydrogen-bond donors (Lipinski definition) is 4. The van der Waals surface area contributed by atoms with Gasteiger partial charge >= 0.3 is 0 Å². The first-order valence-electron chi connectivity index (χ1n) is 4.05. The fraction of sp³-hybridized carbons (Fsp3) is 0.143. The normalized spacial score (nSPS) is 20.6. The second-order valence-corrected chi connectivity index (χ2v) is 6.29. The number of rotatable bonds is 0. The van der Waals surface area contributed by atoms with E-state index in [1.165, 1.54) is 0 Å². The summed E-state index contributed by atoms with van der Waals surface area (Å²) in [5.74, 6) is 0.368. The third kappa shape index (κ3) is 5.17. The summed E-state index contributed by atoms with van der Waals surface area (Å²) in [6.45, 7) is 1.87. The van der Waals surface area contributed by atoms with Gasteiger partial charge in [-0.3, -0.25) is 14.6 Å². The van der Waals surface area contributed by atoms with Gasteiger partial charge in [-0.15, -0.1) is 0 Å². The summed E-state index contributed by atoms with van der Waals surface area (Å²) >= 11 is 0. The van der Waals surface area contributed by atoms with Crippen molar-refractivity contribution in [3.05, 3.63) is 29.8 Å². The molecule has 78 valence electrons. The fourth-order valence-electron chi connectivity index (χ4n) is 0.751. The van der Waals surface area contributed by atoms with Crippen molar-refractivity contribution in [1.82, 2.24) is 14.6 Å². The number of nitrogens with one attached hydrogen (secondary N) is 3. The molecule has 4 nitrogen and oxygen atoms in total. The molecular formula is C7H14N3OP3. The Hall–Kier alpha value is 0.190. The molecule has 0 unspecified atom stereocenters. The highest BCUT2D eigenvalue weighted by molar-refractivity contribution is 7.65. The van der Waals surface area contributed by atoms with Crippen molar-refractivity contribution in [3.8, 4) is 5.75 Å². The van der Waals surface area contributed by atoms with Crippen molar-refractivity contribution in [2.75, 3.05) is 0 Å². The molecule has 0 atom stereocenters. The Kier molecular flexibility index (Phi) is 6.55. The highest BCUT2D eigenvalue weighted by Crippen LogP contribution is 2.23. The van der Waals surface area contributed by atoms with E-state index in [1.54, 1.807) is 6.07 Å². The van der Waals surface area contributed by atoms with Crippen molar-refractivity contribution in [2.45, 2.75) is 6.92 Å². The second-order valence-electron chi connectivity index (χ2n) is 2.54. The first-order valence-corrected chi connectivity index (χ1v) is 7.05. The Labute approximate surface area is 89.3 Å². The Morgan fingerprint density at radius 2 is 1.50 bits per heavy atom. The fourth-order valence-corrected chi connectivity index (χ4v) is 3.94. The molecule has 7 heteroatoms. The minimum absolute atomic E-state index is 0.368. The third-order valence-corrected chi connectivity index (χ3v) is 4.49. The van der Waals surface area contributed by atoms with Gasteiger partial charge in [0.25, 0.3) is 0 Å². The molecule has 4 N–H and O–H groups in total. The molecule has 0 spiro atoms. The van der Waals surface area contributed by atoms with Crippen LogP contribution in [-0.4, -0.2) is 5.11 Å². The summed E-state index contributed by atoms with van der Waals surface area (Å²) in [5, 5.41) is 8.92. The maximum atomic E-state index is 8.92. The number of para-hydroxylation sites is 1. The largest absolute Gasteiger partial charge is 0.508 e. The maximum absolute atomic E-state index is 8.92. The topological polar surface area (TPSA) is 56.3 Å². The molecule has 2 rings (SSSR count). The van der Waals surface area contributed by atoms with Crippen LogP contribution >= 0.6 is 26.6 Å². The van der Waals surface area contributed by atoms with Gasteiger partial charge in [0.2, 0.25) is 0 Å².